The lowest BCUT2D eigenvalue weighted by atomic mass is 9.82. The van der Waals surface area contributed by atoms with Gasteiger partial charge in [-0.15, -0.1) is 0 Å². The summed E-state index contributed by atoms with van der Waals surface area (Å²) in [5.74, 6) is 0. The fourth-order valence-electron chi connectivity index (χ4n) is 1.26. The molecular formula is C9H13BN. The molecule has 11 heavy (non-hydrogen) atoms. The van der Waals surface area contributed by atoms with E-state index >= 15 is 0 Å². The van der Waals surface area contributed by atoms with Crippen molar-refractivity contribution in [1.29, 1.82) is 0 Å². The Balaban J connectivity index is 2.89. The number of nitrogens with one attached hydrogen (secondary N) is 1. The van der Waals surface area contributed by atoms with Crippen LogP contribution in [0.15, 0.2) is 18.2 Å². The maximum atomic E-state index is 3.01. The minimum absolute atomic E-state index is 1.24. The highest BCUT2D eigenvalue weighted by atomic mass is 14.7. The molecule has 0 aliphatic rings. The zero-order chi connectivity index (χ0) is 8.27. The van der Waals surface area contributed by atoms with Gasteiger partial charge in [0.15, 0.2) is 0 Å². The second kappa shape index (κ2) is 3.58. The average molecular weight is 146 g/mol. The van der Waals surface area contributed by atoms with Gasteiger partial charge in [0.05, 0.1) is 0 Å². The van der Waals surface area contributed by atoms with Crippen molar-refractivity contribution >= 4 is 12.9 Å². The molecule has 0 aliphatic heterocycles. The van der Waals surface area contributed by atoms with Crippen LogP contribution in [0.3, 0.4) is 0 Å². The molecule has 0 atom stereocenters. The molecule has 57 valence electrons. The van der Waals surface area contributed by atoms with Crippen molar-refractivity contribution in [2.24, 2.45) is 0 Å². The Hall–Kier alpha value is -0.755. The Morgan fingerprint density at radius 1 is 1.09 bits per heavy atom. The van der Waals surface area contributed by atoms with Gasteiger partial charge in [-0.3, -0.25) is 0 Å². The van der Waals surface area contributed by atoms with Gasteiger partial charge in [-0.25, -0.2) is 0 Å². The smallest absolute Gasteiger partial charge is 0.244 e. The Kier molecular flexibility index (Phi) is 2.72. The molecule has 0 unspecified atom stereocenters. The fourth-order valence-corrected chi connectivity index (χ4v) is 1.26. The van der Waals surface area contributed by atoms with Crippen LogP contribution in [0.25, 0.3) is 0 Å². The van der Waals surface area contributed by atoms with Gasteiger partial charge >= 0.3 is 0 Å². The Morgan fingerprint density at radius 3 is 2.09 bits per heavy atom. The van der Waals surface area contributed by atoms with Crippen molar-refractivity contribution in [3.63, 3.8) is 0 Å². The molecule has 0 aliphatic carbocycles. The van der Waals surface area contributed by atoms with Gasteiger partial charge in [-0.05, 0) is 20.9 Å². The van der Waals surface area contributed by atoms with E-state index in [2.05, 4.69) is 37.3 Å². The van der Waals surface area contributed by atoms with Crippen molar-refractivity contribution in [2.75, 3.05) is 7.05 Å². The molecular weight excluding hydrogens is 133 g/mol. The molecule has 0 amide bonds. The summed E-state index contributed by atoms with van der Waals surface area (Å²) in [5, 5.41) is 3.01. The number of hydrogen-bond acceptors (Lipinski definition) is 1. The predicted octanol–water partition coefficient (Wildman–Crippen LogP) is 0.767. The van der Waals surface area contributed by atoms with Crippen LogP contribution in [-0.2, 0) is 0 Å². The van der Waals surface area contributed by atoms with Gasteiger partial charge in [0.25, 0.3) is 0 Å². The third kappa shape index (κ3) is 2.39. The van der Waals surface area contributed by atoms with E-state index in [-0.39, 0.29) is 0 Å². The lowest BCUT2D eigenvalue weighted by molar-refractivity contribution is 1.25. The van der Waals surface area contributed by atoms with Gasteiger partial charge in [0.1, 0.15) is 0 Å². The molecule has 0 fully saturated rings. The largest absolute Gasteiger partial charge is 0.359 e. The van der Waals surface area contributed by atoms with Crippen molar-refractivity contribution in [2.45, 2.75) is 13.8 Å². The van der Waals surface area contributed by atoms with Crippen LogP contribution in [0.1, 0.15) is 11.1 Å². The maximum absolute atomic E-state index is 3.01. The molecule has 2 heteroatoms. The highest BCUT2D eigenvalue weighted by molar-refractivity contribution is 6.50. The molecule has 0 bridgehead atoms. The van der Waals surface area contributed by atoms with E-state index < -0.39 is 0 Å². The number of hydrogen-bond donors (Lipinski definition) is 1. The van der Waals surface area contributed by atoms with Crippen LogP contribution in [-0.4, -0.2) is 14.5 Å². The normalized spacial score (nSPS) is 9.73. The first-order chi connectivity index (χ1) is 5.22. The van der Waals surface area contributed by atoms with Crippen LogP contribution >= 0.6 is 0 Å². The molecule has 1 radical (unpaired) electrons. The second-order valence-corrected chi connectivity index (χ2v) is 2.85. The molecule has 0 spiro atoms. The topological polar surface area (TPSA) is 12.0 Å². The van der Waals surface area contributed by atoms with Gasteiger partial charge in [0.2, 0.25) is 7.41 Å². The zero-order valence-corrected chi connectivity index (χ0v) is 7.31. The summed E-state index contributed by atoms with van der Waals surface area (Å²) in [6, 6.07) is 6.49. The van der Waals surface area contributed by atoms with Gasteiger partial charge < -0.3 is 5.23 Å². The highest BCUT2D eigenvalue weighted by Crippen LogP contribution is 1.98. The van der Waals surface area contributed by atoms with E-state index in [0.717, 1.165) is 0 Å². The van der Waals surface area contributed by atoms with Crippen LogP contribution in [0.2, 0.25) is 0 Å². The summed E-state index contributed by atoms with van der Waals surface area (Å²) >= 11 is 0. The van der Waals surface area contributed by atoms with Crippen molar-refractivity contribution in [1.82, 2.24) is 5.23 Å². The van der Waals surface area contributed by atoms with E-state index in [4.69, 9.17) is 0 Å². The third-order valence-electron chi connectivity index (χ3n) is 1.56. The van der Waals surface area contributed by atoms with E-state index in [9.17, 15) is 0 Å². The molecule has 1 aromatic rings. The molecule has 1 N–H and O–H groups in total. The second-order valence-electron chi connectivity index (χ2n) is 2.85. The summed E-state index contributed by atoms with van der Waals surface area (Å²) in [5.41, 5.74) is 3.86. The number of aryl methyl sites for hydroxylation is 2. The number of benzene rings is 1. The molecule has 1 rings (SSSR count). The summed E-state index contributed by atoms with van der Waals surface area (Å²) in [4.78, 5) is 0. The average Bonchev–Trinajstić information content (AvgIpc) is 1.85. The Morgan fingerprint density at radius 2 is 1.64 bits per heavy atom. The Labute approximate surface area is 69.1 Å². The molecule has 0 heterocycles. The quantitative estimate of drug-likeness (QED) is 0.607. The lowest BCUT2D eigenvalue weighted by Gasteiger charge is -2.01. The monoisotopic (exact) mass is 146 g/mol. The van der Waals surface area contributed by atoms with Crippen molar-refractivity contribution in [3.05, 3.63) is 29.3 Å². The first kappa shape index (κ1) is 8.34. The first-order valence-electron chi connectivity index (χ1n) is 3.81. The van der Waals surface area contributed by atoms with Crippen LogP contribution in [0.5, 0.6) is 0 Å². The van der Waals surface area contributed by atoms with Crippen LogP contribution in [0, 0.1) is 13.8 Å². The molecule has 1 nitrogen and oxygen atoms in total. The zero-order valence-electron chi connectivity index (χ0n) is 7.31. The molecule has 0 saturated heterocycles. The standard InChI is InChI=1S/C9H13BN/c1-7-4-8(2)6-9(5-7)10-11-3/h4-6,11H,1-3H3. The Bertz CT molecular complexity index is 225. The van der Waals surface area contributed by atoms with E-state index in [1.807, 2.05) is 14.5 Å². The minimum Gasteiger partial charge on any atom is -0.359 e. The highest BCUT2D eigenvalue weighted by Gasteiger charge is 1.95. The minimum atomic E-state index is 1.24. The summed E-state index contributed by atoms with van der Waals surface area (Å²) in [6.07, 6.45) is 0. The van der Waals surface area contributed by atoms with Gasteiger partial charge in [-0.2, -0.15) is 0 Å². The molecule has 0 saturated carbocycles. The summed E-state index contributed by atoms with van der Waals surface area (Å²) in [7, 11) is 3.91. The first-order valence-corrected chi connectivity index (χ1v) is 3.81. The van der Waals surface area contributed by atoms with Crippen molar-refractivity contribution < 1.29 is 0 Å². The lowest BCUT2D eigenvalue weighted by Crippen LogP contribution is -2.27. The summed E-state index contributed by atoms with van der Waals surface area (Å²) < 4.78 is 0. The summed E-state index contributed by atoms with van der Waals surface area (Å²) in [6.45, 7) is 4.22. The van der Waals surface area contributed by atoms with E-state index in [0.29, 0.717) is 0 Å². The molecule has 0 aromatic heterocycles. The predicted molar refractivity (Wildman–Crippen MR) is 50.4 cm³/mol. The van der Waals surface area contributed by atoms with Crippen LogP contribution in [0.4, 0.5) is 0 Å². The van der Waals surface area contributed by atoms with E-state index in [1.54, 1.807) is 0 Å². The van der Waals surface area contributed by atoms with Crippen molar-refractivity contribution in [3.8, 4) is 0 Å². The number of rotatable bonds is 2. The molecule has 1 aromatic carbocycles. The third-order valence-corrected chi connectivity index (χ3v) is 1.56. The maximum Gasteiger partial charge on any atom is 0.244 e. The van der Waals surface area contributed by atoms with Crippen LogP contribution < -0.4 is 10.7 Å². The van der Waals surface area contributed by atoms with Gasteiger partial charge in [-0.1, -0.05) is 34.8 Å². The van der Waals surface area contributed by atoms with Gasteiger partial charge in [0, 0.05) is 0 Å². The SMILES string of the molecule is CN[B]c1cc(C)cc(C)c1. The van der Waals surface area contributed by atoms with E-state index in [1.165, 1.54) is 16.6 Å². The fraction of sp³-hybridized carbons (Fsp3) is 0.333.